The number of rotatable bonds is 7. The van der Waals surface area contributed by atoms with Crippen LogP contribution in [0, 0.1) is 29.1 Å². The van der Waals surface area contributed by atoms with Gasteiger partial charge in [-0.3, -0.25) is 0 Å². The van der Waals surface area contributed by atoms with Crippen LogP contribution in [0.5, 0.6) is 0 Å². The minimum atomic E-state index is -0.963. The molecule has 0 nitrogen and oxygen atoms in total. The molecule has 170 valence electrons. The Morgan fingerprint density at radius 1 is 0.606 bits per heavy atom. The number of halogens is 5. The van der Waals surface area contributed by atoms with Crippen molar-refractivity contribution in [2.75, 3.05) is 0 Å². The molecule has 0 aromatic heterocycles. The van der Waals surface area contributed by atoms with E-state index in [2.05, 4.69) is 6.92 Å². The van der Waals surface area contributed by atoms with Crippen molar-refractivity contribution in [1.82, 2.24) is 0 Å². The fourth-order valence-electron chi connectivity index (χ4n) is 4.14. The quantitative estimate of drug-likeness (QED) is 0.193. The first-order valence-corrected chi connectivity index (χ1v) is 11.0. The number of hydrogen-bond acceptors (Lipinski definition) is 0. The summed E-state index contributed by atoms with van der Waals surface area (Å²) in [5.74, 6) is -4.04. The van der Waals surface area contributed by atoms with Gasteiger partial charge in [0.15, 0.2) is 11.6 Å². The van der Waals surface area contributed by atoms with Gasteiger partial charge < -0.3 is 0 Å². The highest BCUT2D eigenvalue weighted by Gasteiger charge is 2.16. The minimum Gasteiger partial charge on any atom is -0.206 e. The Balaban J connectivity index is 1.64. The van der Waals surface area contributed by atoms with Crippen LogP contribution in [0.3, 0.4) is 0 Å². The van der Waals surface area contributed by atoms with Crippen LogP contribution < -0.4 is 0 Å². The lowest BCUT2D eigenvalue weighted by atomic mass is 9.96. The van der Waals surface area contributed by atoms with Gasteiger partial charge in [-0.15, -0.1) is 0 Å². The molecule has 0 N–H and O–H groups in total. The topological polar surface area (TPSA) is 0 Å². The molecule has 0 saturated carbocycles. The van der Waals surface area contributed by atoms with E-state index in [0.29, 0.717) is 22.9 Å². The maximum Gasteiger partial charge on any atom is 0.166 e. The van der Waals surface area contributed by atoms with E-state index in [-0.39, 0.29) is 22.1 Å². The molecule has 0 spiro atoms. The normalized spacial score (nSPS) is 11.3. The van der Waals surface area contributed by atoms with Gasteiger partial charge in [-0.2, -0.15) is 0 Å². The first-order chi connectivity index (χ1) is 15.9. The van der Waals surface area contributed by atoms with E-state index in [9.17, 15) is 22.0 Å². The summed E-state index contributed by atoms with van der Waals surface area (Å²) in [7, 11) is 0. The molecule has 0 aliphatic heterocycles. The standard InChI is InChI=1S/C28H23F5/c1-2-3-4-5-6-17-13-25(31)27(26(32)14-17)20-8-10-21(24(30)16-20)18-7-11-22-19(15-18)9-12-23(29)28(22)33/h7-16H,2-6H2,1H3. The van der Waals surface area contributed by atoms with E-state index in [1.807, 2.05) is 0 Å². The number of benzene rings is 4. The van der Waals surface area contributed by atoms with Gasteiger partial charge in [-0.05, 0) is 65.3 Å². The van der Waals surface area contributed by atoms with Gasteiger partial charge in [-0.25, -0.2) is 22.0 Å². The second-order valence-corrected chi connectivity index (χ2v) is 8.24. The molecule has 0 aliphatic carbocycles. The highest BCUT2D eigenvalue weighted by Crippen LogP contribution is 2.33. The highest BCUT2D eigenvalue weighted by molar-refractivity contribution is 5.88. The Kier molecular flexibility index (Phi) is 6.77. The van der Waals surface area contributed by atoms with E-state index in [0.717, 1.165) is 37.8 Å². The molecule has 0 heterocycles. The smallest absolute Gasteiger partial charge is 0.166 e. The molecule has 0 bridgehead atoms. The predicted octanol–water partition coefficient (Wildman–Crippen LogP) is 8.99. The van der Waals surface area contributed by atoms with Crippen LogP contribution in [-0.4, -0.2) is 0 Å². The Hall–Kier alpha value is -3.21. The zero-order valence-corrected chi connectivity index (χ0v) is 18.2. The van der Waals surface area contributed by atoms with Crippen molar-refractivity contribution in [3.8, 4) is 22.3 Å². The first-order valence-electron chi connectivity index (χ1n) is 11.0. The summed E-state index contributed by atoms with van der Waals surface area (Å²) in [6.45, 7) is 2.10. The molecule has 4 aromatic rings. The molecular weight excluding hydrogens is 431 g/mol. The third-order valence-electron chi connectivity index (χ3n) is 5.90. The third-order valence-corrected chi connectivity index (χ3v) is 5.90. The fourth-order valence-corrected chi connectivity index (χ4v) is 4.14. The van der Waals surface area contributed by atoms with Crippen molar-refractivity contribution in [3.05, 3.63) is 95.3 Å². The van der Waals surface area contributed by atoms with Crippen molar-refractivity contribution in [2.24, 2.45) is 0 Å². The Morgan fingerprint density at radius 2 is 1.33 bits per heavy atom. The van der Waals surface area contributed by atoms with Gasteiger partial charge in [0.25, 0.3) is 0 Å². The number of fused-ring (bicyclic) bond motifs is 1. The van der Waals surface area contributed by atoms with Crippen molar-refractivity contribution in [1.29, 1.82) is 0 Å². The Bertz CT molecular complexity index is 1290. The first kappa shape index (κ1) is 23.0. The largest absolute Gasteiger partial charge is 0.206 e. The number of aryl methyl sites for hydroxylation is 1. The van der Waals surface area contributed by atoms with E-state index < -0.39 is 29.1 Å². The summed E-state index contributed by atoms with van der Waals surface area (Å²) >= 11 is 0. The van der Waals surface area contributed by atoms with E-state index in [1.54, 1.807) is 6.07 Å². The molecule has 33 heavy (non-hydrogen) atoms. The lowest BCUT2D eigenvalue weighted by Gasteiger charge is -2.11. The van der Waals surface area contributed by atoms with Crippen LogP contribution in [-0.2, 0) is 6.42 Å². The van der Waals surface area contributed by atoms with Gasteiger partial charge in [-0.1, -0.05) is 56.5 Å². The summed E-state index contributed by atoms with van der Waals surface area (Å²) in [6, 6.07) is 13.4. The summed E-state index contributed by atoms with van der Waals surface area (Å²) in [5.41, 5.74) is 1.05. The van der Waals surface area contributed by atoms with Crippen LogP contribution in [0.2, 0.25) is 0 Å². The van der Waals surface area contributed by atoms with Crippen LogP contribution in [0.4, 0.5) is 22.0 Å². The molecule has 0 atom stereocenters. The zero-order chi connectivity index (χ0) is 23.5. The predicted molar refractivity (Wildman–Crippen MR) is 122 cm³/mol. The van der Waals surface area contributed by atoms with Crippen molar-refractivity contribution < 1.29 is 22.0 Å². The minimum absolute atomic E-state index is 0.0923. The average Bonchev–Trinajstić information content (AvgIpc) is 2.79. The van der Waals surface area contributed by atoms with Crippen molar-refractivity contribution in [3.63, 3.8) is 0 Å². The summed E-state index contributed by atoms with van der Waals surface area (Å²) < 4.78 is 71.8. The van der Waals surface area contributed by atoms with E-state index in [1.165, 1.54) is 42.5 Å². The Labute approximate surface area is 189 Å². The molecule has 5 heteroatoms. The zero-order valence-electron chi connectivity index (χ0n) is 18.2. The van der Waals surface area contributed by atoms with Crippen LogP contribution in [0.25, 0.3) is 33.0 Å². The summed E-state index contributed by atoms with van der Waals surface area (Å²) in [4.78, 5) is 0. The second-order valence-electron chi connectivity index (χ2n) is 8.24. The average molecular weight is 454 g/mol. The maximum atomic E-state index is 15.0. The molecule has 0 radical (unpaired) electrons. The molecule has 0 amide bonds. The van der Waals surface area contributed by atoms with Gasteiger partial charge in [0.05, 0.1) is 5.56 Å². The maximum absolute atomic E-state index is 15.0. The van der Waals surface area contributed by atoms with Gasteiger partial charge in [0.1, 0.15) is 17.5 Å². The Morgan fingerprint density at radius 3 is 2.03 bits per heavy atom. The summed E-state index contributed by atoms with van der Waals surface area (Å²) in [6.07, 6.45) is 4.62. The van der Waals surface area contributed by atoms with Gasteiger partial charge in [0.2, 0.25) is 0 Å². The fraction of sp³-hybridized carbons (Fsp3) is 0.214. The monoisotopic (exact) mass is 454 g/mol. The molecule has 0 aliphatic rings. The van der Waals surface area contributed by atoms with Gasteiger partial charge >= 0.3 is 0 Å². The van der Waals surface area contributed by atoms with Crippen LogP contribution in [0.15, 0.2) is 60.7 Å². The molecular formula is C28H23F5. The van der Waals surface area contributed by atoms with Crippen molar-refractivity contribution >= 4 is 10.8 Å². The number of unbranched alkanes of at least 4 members (excludes halogenated alkanes) is 3. The van der Waals surface area contributed by atoms with E-state index >= 15 is 0 Å². The molecule has 0 saturated heterocycles. The van der Waals surface area contributed by atoms with Crippen LogP contribution >= 0.6 is 0 Å². The summed E-state index contributed by atoms with van der Waals surface area (Å²) in [5, 5.41) is 0.510. The van der Waals surface area contributed by atoms with Crippen LogP contribution in [0.1, 0.15) is 38.2 Å². The number of hydrogen-bond donors (Lipinski definition) is 0. The van der Waals surface area contributed by atoms with Crippen molar-refractivity contribution in [2.45, 2.75) is 39.0 Å². The van der Waals surface area contributed by atoms with E-state index in [4.69, 9.17) is 0 Å². The molecule has 4 rings (SSSR count). The lowest BCUT2D eigenvalue weighted by Crippen LogP contribution is -1.96. The molecule has 4 aromatic carbocycles. The molecule has 0 fully saturated rings. The SMILES string of the molecule is CCCCCCc1cc(F)c(-c2ccc(-c3ccc4c(F)c(F)ccc4c3)c(F)c2)c(F)c1. The highest BCUT2D eigenvalue weighted by atomic mass is 19.2. The lowest BCUT2D eigenvalue weighted by molar-refractivity contribution is 0.517. The molecule has 0 unspecified atom stereocenters. The van der Waals surface area contributed by atoms with Gasteiger partial charge in [0, 0.05) is 10.9 Å². The third kappa shape index (κ3) is 4.77. The second kappa shape index (κ2) is 9.74.